The molecule has 5 nitrogen and oxygen atoms in total. The highest BCUT2D eigenvalue weighted by Gasteiger charge is 2.19. The fourth-order valence-electron chi connectivity index (χ4n) is 1.59. The van der Waals surface area contributed by atoms with Crippen molar-refractivity contribution >= 4 is 17.7 Å². The minimum absolute atomic E-state index is 0.0452. The van der Waals surface area contributed by atoms with E-state index in [1.54, 1.807) is 39.0 Å². The van der Waals surface area contributed by atoms with E-state index in [-0.39, 0.29) is 5.75 Å². The van der Waals surface area contributed by atoms with Crippen molar-refractivity contribution < 1.29 is 14.6 Å². The molecule has 0 fully saturated rings. The number of rotatable bonds is 1. The molecule has 20 heavy (non-hydrogen) atoms. The Kier molecular flexibility index (Phi) is 3.72. The fourth-order valence-corrected chi connectivity index (χ4v) is 1.76. The van der Waals surface area contributed by atoms with E-state index in [0.29, 0.717) is 16.3 Å². The molecule has 0 unspecified atom stereocenters. The third-order valence-electron chi connectivity index (χ3n) is 2.40. The molecule has 0 saturated heterocycles. The second-order valence-electron chi connectivity index (χ2n) is 5.29. The summed E-state index contributed by atoms with van der Waals surface area (Å²) in [4.78, 5) is 11.8. The molecule has 0 aliphatic rings. The topological polar surface area (TPSA) is 64.3 Å². The first kappa shape index (κ1) is 14.4. The summed E-state index contributed by atoms with van der Waals surface area (Å²) in [7, 11) is 0. The van der Waals surface area contributed by atoms with Crippen LogP contribution < -0.4 is 0 Å². The summed E-state index contributed by atoms with van der Waals surface area (Å²) in [6.45, 7) is 5.33. The van der Waals surface area contributed by atoms with Crippen molar-refractivity contribution in [3.63, 3.8) is 0 Å². The van der Waals surface area contributed by atoms with Gasteiger partial charge in [0.15, 0.2) is 0 Å². The molecule has 0 aliphatic carbocycles. The zero-order valence-corrected chi connectivity index (χ0v) is 12.2. The predicted octanol–water partition coefficient (Wildman–Crippen LogP) is 3.69. The van der Waals surface area contributed by atoms with Gasteiger partial charge in [-0.2, -0.15) is 9.78 Å². The molecule has 1 aromatic carbocycles. The number of carbonyl (C=O) groups excluding carboxylic acids is 1. The summed E-state index contributed by atoms with van der Waals surface area (Å²) >= 11 is 5.89. The van der Waals surface area contributed by atoms with Gasteiger partial charge in [0.1, 0.15) is 11.4 Å². The lowest BCUT2D eigenvalue weighted by atomic mass is 10.1. The van der Waals surface area contributed by atoms with Crippen LogP contribution in [-0.4, -0.2) is 26.6 Å². The van der Waals surface area contributed by atoms with Gasteiger partial charge in [-0.1, -0.05) is 11.6 Å². The molecule has 0 saturated carbocycles. The molecule has 0 amide bonds. The minimum atomic E-state index is -0.596. The number of phenolic OH excluding ortho intramolecular Hbond substituents is 1. The minimum Gasteiger partial charge on any atom is -0.507 e. The van der Waals surface area contributed by atoms with Gasteiger partial charge >= 0.3 is 6.09 Å². The SMILES string of the molecule is CC(C)(C)OC(=O)n1ccc(-c2cc(Cl)ccc2O)n1. The predicted molar refractivity (Wildman–Crippen MR) is 76.0 cm³/mol. The van der Waals surface area contributed by atoms with E-state index in [4.69, 9.17) is 16.3 Å². The van der Waals surface area contributed by atoms with E-state index in [1.165, 1.54) is 12.3 Å². The highest BCUT2D eigenvalue weighted by Crippen LogP contribution is 2.30. The van der Waals surface area contributed by atoms with Crippen LogP contribution in [0.25, 0.3) is 11.3 Å². The van der Waals surface area contributed by atoms with Crippen LogP contribution in [0, 0.1) is 0 Å². The molecule has 6 heteroatoms. The fraction of sp³-hybridized carbons (Fsp3) is 0.286. The van der Waals surface area contributed by atoms with Crippen molar-refractivity contribution in [1.82, 2.24) is 9.78 Å². The van der Waals surface area contributed by atoms with Crippen LogP contribution in [0.2, 0.25) is 5.02 Å². The molecule has 1 aromatic heterocycles. The second kappa shape index (κ2) is 5.17. The zero-order valence-electron chi connectivity index (χ0n) is 11.4. The van der Waals surface area contributed by atoms with Crippen molar-refractivity contribution in [2.45, 2.75) is 26.4 Å². The first-order chi connectivity index (χ1) is 9.26. The smallest absolute Gasteiger partial charge is 0.435 e. The van der Waals surface area contributed by atoms with Crippen LogP contribution in [0.1, 0.15) is 20.8 Å². The number of aromatic nitrogens is 2. The van der Waals surface area contributed by atoms with Gasteiger partial charge < -0.3 is 9.84 Å². The molecule has 1 N–H and O–H groups in total. The van der Waals surface area contributed by atoms with Gasteiger partial charge in [0.25, 0.3) is 0 Å². The van der Waals surface area contributed by atoms with Gasteiger partial charge in [-0.25, -0.2) is 4.79 Å². The second-order valence-corrected chi connectivity index (χ2v) is 5.72. The number of ether oxygens (including phenoxy) is 1. The standard InChI is InChI=1S/C14H15ClN2O3/c1-14(2,3)20-13(19)17-7-6-11(16-17)10-8-9(15)4-5-12(10)18/h4-8,18H,1-3H3. The quantitative estimate of drug-likeness (QED) is 0.871. The van der Waals surface area contributed by atoms with Gasteiger partial charge in [0, 0.05) is 16.8 Å². The molecule has 0 bridgehead atoms. The van der Waals surface area contributed by atoms with Gasteiger partial charge in [0.2, 0.25) is 0 Å². The third kappa shape index (κ3) is 3.30. The van der Waals surface area contributed by atoms with Crippen LogP contribution in [0.4, 0.5) is 4.79 Å². The van der Waals surface area contributed by atoms with E-state index in [0.717, 1.165) is 4.68 Å². The van der Waals surface area contributed by atoms with Crippen molar-refractivity contribution in [2.24, 2.45) is 0 Å². The molecule has 0 radical (unpaired) electrons. The third-order valence-corrected chi connectivity index (χ3v) is 2.64. The molecule has 2 rings (SSSR count). The molecular formula is C14H15ClN2O3. The van der Waals surface area contributed by atoms with Gasteiger partial charge in [-0.05, 0) is 45.0 Å². The van der Waals surface area contributed by atoms with Crippen LogP contribution in [0.3, 0.4) is 0 Å². The number of benzene rings is 1. The Morgan fingerprint density at radius 1 is 1.35 bits per heavy atom. The van der Waals surface area contributed by atoms with Crippen LogP contribution >= 0.6 is 11.6 Å². The molecule has 2 aromatic rings. The summed E-state index contributed by atoms with van der Waals surface area (Å²) in [5.74, 6) is 0.0452. The molecule has 0 spiro atoms. The number of phenols is 1. The van der Waals surface area contributed by atoms with Crippen molar-refractivity contribution in [3.05, 3.63) is 35.5 Å². The average Bonchev–Trinajstić information content (AvgIpc) is 2.79. The number of carbonyl (C=O) groups is 1. The summed E-state index contributed by atoms with van der Waals surface area (Å²) in [5.41, 5.74) is 0.303. The number of halogens is 1. The lowest BCUT2D eigenvalue weighted by Crippen LogP contribution is -2.27. The van der Waals surface area contributed by atoms with Gasteiger partial charge in [-0.15, -0.1) is 0 Å². The molecule has 106 valence electrons. The van der Waals surface area contributed by atoms with E-state index < -0.39 is 11.7 Å². The molecule has 0 atom stereocenters. The van der Waals surface area contributed by atoms with E-state index >= 15 is 0 Å². The van der Waals surface area contributed by atoms with Crippen molar-refractivity contribution in [3.8, 4) is 17.0 Å². The summed E-state index contributed by atoms with van der Waals surface area (Å²) < 4.78 is 6.28. The zero-order chi connectivity index (χ0) is 14.9. The monoisotopic (exact) mass is 294 g/mol. The Morgan fingerprint density at radius 3 is 2.70 bits per heavy atom. The highest BCUT2D eigenvalue weighted by molar-refractivity contribution is 6.30. The maximum absolute atomic E-state index is 11.8. The van der Waals surface area contributed by atoms with E-state index in [2.05, 4.69) is 5.10 Å². The number of nitrogens with zero attached hydrogens (tertiary/aromatic N) is 2. The first-order valence-electron chi connectivity index (χ1n) is 6.04. The first-order valence-corrected chi connectivity index (χ1v) is 6.42. The van der Waals surface area contributed by atoms with Gasteiger partial charge in [0.05, 0.1) is 5.69 Å². The number of aromatic hydroxyl groups is 1. The van der Waals surface area contributed by atoms with Crippen LogP contribution in [0.15, 0.2) is 30.5 Å². The lowest BCUT2D eigenvalue weighted by molar-refractivity contribution is 0.0515. The summed E-state index contributed by atoms with van der Waals surface area (Å²) in [6, 6.07) is 6.24. The van der Waals surface area contributed by atoms with Crippen molar-refractivity contribution in [1.29, 1.82) is 0 Å². The largest absolute Gasteiger partial charge is 0.507 e. The lowest BCUT2D eigenvalue weighted by Gasteiger charge is -2.18. The normalized spacial score (nSPS) is 11.4. The number of hydrogen-bond donors (Lipinski definition) is 1. The van der Waals surface area contributed by atoms with Gasteiger partial charge in [-0.3, -0.25) is 0 Å². The molecular weight excluding hydrogens is 280 g/mol. The van der Waals surface area contributed by atoms with Crippen molar-refractivity contribution in [2.75, 3.05) is 0 Å². The van der Waals surface area contributed by atoms with E-state index in [9.17, 15) is 9.90 Å². The Balaban J connectivity index is 2.29. The maximum atomic E-state index is 11.8. The summed E-state index contributed by atoms with van der Waals surface area (Å²) in [6.07, 6.45) is 0.897. The Bertz CT molecular complexity index is 644. The Labute approximate surface area is 121 Å². The average molecular weight is 295 g/mol. The van der Waals surface area contributed by atoms with Crippen LogP contribution in [-0.2, 0) is 4.74 Å². The molecule has 0 aliphatic heterocycles. The van der Waals surface area contributed by atoms with Crippen LogP contribution in [0.5, 0.6) is 5.75 Å². The Morgan fingerprint density at radius 2 is 2.05 bits per heavy atom. The van der Waals surface area contributed by atoms with E-state index in [1.807, 2.05) is 0 Å². The maximum Gasteiger partial charge on any atom is 0.435 e. The highest BCUT2D eigenvalue weighted by atomic mass is 35.5. The molecule has 1 heterocycles. The summed E-state index contributed by atoms with van der Waals surface area (Å²) in [5, 5.41) is 14.4. The number of hydrogen-bond acceptors (Lipinski definition) is 4. The Hall–Kier alpha value is -2.01.